The third kappa shape index (κ3) is 3.92. The molecule has 5 heteroatoms. The maximum absolute atomic E-state index is 11.7. The molecule has 0 spiro atoms. The van der Waals surface area contributed by atoms with Crippen LogP contribution in [0.15, 0.2) is 58.5 Å². The number of furan rings is 1. The lowest BCUT2D eigenvalue weighted by molar-refractivity contribution is 0.0954. The van der Waals surface area contributed by atoms with Crippen LogP contribution in [0.25, 0.3) is 6.08 Å². The maximum Gasteiger partial charge on any atom is 0.271 e. The lowest BCUT2D eigenvalue weighted by atomic mass is 10.3. The Bertz CT molecular complexity index is 586. The van der Waals surface area contributed by atoms with Crippen molar-refractivity contribution < 1.29 is 9.21 Å². The van der Waals surface area contributed by atoms with Gasteiger partial charge in [0, 0.05) is 18.0 Å². The van der Waals surface area contributed by atoms with E-state index in [4.69, 9.17) is 4.42 Å². The van der Waals surface area contributed by atoms with Gasteiger partial charge >= 0.3 is 0 Å². The molecule has 2 heterocycles. The molecule has 96 valence electrons. The normalized spacial score (nSPS) is 11.7. The number of carbonyl (C=O) groups excluding carboxylic acids is 1. The Kier molecular flexibility index (Phi) is 4.23. The van der Waals surface area contributed by atoms with Gasteiger partial charge in [0.2, 0.25) is 0 Å². The average molecular weight is 255 g/mol. The molecule has 0 bridgehead atoms. The molecule has 0 aliphatic rings. The summed E-state index contributed by atoms with van der Waals surface area (Å²) in [5.74, 6) is 0.461. The molecule has 1 amide bonds. The average Bonchev–Trinajstić information content (AvgIpc) is 2.96. The minimum atomic E-state index is -0.270. The van der Waals surface area contributed by atoms with Crippen molar-refractivity contribution in [1.82, 2.24) is 10.4 Å². The quantitative estimate of drug-likeness (QED) is 0.674. The van der Waals surface area contributed by atoms with Crippen molar-refractivity contribution in [2.24, 2.45) is 5.10 Å². The summed E-state index contributed by atoms with van der Waals surface area (Å²) in [7, 11) is 0. The molecule has 0 atom stereocenters. The summed E-state index contributed by atoms with van der Waals surface area (Å²) in [6.45, 7) is 1.78. The predicted octanol–water partition coefficient (Wildman–Crippen LogP) is 2.49. The van der Waals surface area contributed by atoms with Crippen molar-refractivity contribution in [3.05, 3.63) is 60.3 Å². The van der Waals surface area contributed by atoms with E-state index in [0.717, 1.165) is 5.76 Å². The predicted molar refractivity (Wildman–Crippen MR) is 72.6 cm³/mol. The van der Waals surface area contributed by atoms with Gasteiger partial charge in [-0.25, -0.2) is 5.43 Å². The zero-order chi connectivity index (χ0) is 13.5. The molecular formula is C14H13N3O2. The number of nitrogens with zero attached hydrogens (tertiary/aromatic N) is 2. The highest BCUT2D eigenvalue weighted by Crippen LogP contribution is 2.02. The van der Waals surface area contributed by atoms with Gasteiger partial charge in [-0.1, -0.05) is 0 Å². The Morgan fingerprint density at radius 2 is 2.16 bits per heavy atom. The third-order valence-corrected chi connectivity index (χ3v) is 2.31. The molecule has 2 aromatic rings. The van der Waals surface area contributed by atoms with Gasteiger partial charge in [0.1, 0.15) is 5.76 Å². The fourth-order valence-corrected chi connectivity index (χ4v) is 1.33. The van der Waals surface area contributed by atoms with E-state index in [-0.39, 0.29) is 5.91 Å². The van der Waals surface area contributed by atoms with E-state index in [1.807, 2.05) is 6.07 Å². The molecule has 0 aliphatic heterocycles. The van der Waals surface area contributed by atoms with Gasteiger partial charge in [-0.05, 0) is 43.3 Å². The van der Waals surface area contributed by atoms with Crippen LogP contribution in [0.5, 0.6) is 0 Å². The van der Waals surface area contributed by atoms with E-state index >= 15 is 0 Å². The van der Waals surface area contributed by atoms with E-state index in [2.05, 4.69) is 15.5 Å². The smallest absolute Gasteiger partial charge is 0.271 e. The first kappa shape index (κ1) is 12.8. The summed E-state index contributed by atoms with van der Waals surface area (Å²) in [6.07, 6.45) is 8.24. The molecule has 0 unspecified atom stereocenters. The first-order valence-electron chi connectivity index (χ1n) is 5.72. The van der Waals surface area contributed by atoms with Gasteiger partial charge < -0.3 is 4.42 Å². The van der Waals surface area contributed by atoms with Gasteiger partial charge in [-0.3, -0.25) is 9.78 Å². The van der Waals surface area contributed by atoms with Crippen LogP contribution in [0.3, 0.4) is 0 Å². The summed E-state index contributed by atoms with van der Waals surface area (Å²) in [5.41, 5.74) is 3.65. The molecule has 0 saturated carbocycles. The molecule has 0 fully saturated rings. The highest BCUT2D eigenvalue weighted by Gasteiger charge is 2.02. The third-order valence-electron chi connectivity index (χ3n) is 2.31. The highest BCUT2D eigenvalue weighted by molar-refractivity contribution is 5.98. The number of amides is 1. The van der Waals surface area contributed by atoms with E-state index < -0.39 is 0 Å². The van der Waals surface area contributed by atoms with E-state index in [1.54, 1.807) is 55.9 Å². The zero-order valence-electron chi connectivity index (χ0n) is 10.4. The number of carbonyl (C=O) groups is 1. The molecule has 0 saturated heterocycles. The topological polar surface area (TPSA) is 67.5 Å². The second kappa shape index (κ2) is 6.30. The summed E-state index contributed by atoms with van der Waals surface area (Å²) in [6, 6.07) is 6.88. The van der Waals surface area contributed by atoms with E-state index in [0.29, 0.717) is 11.3 Å². The number of hydrazone groups is 1. The van der Waals surface area contributed by atoms with Crippen LogP contribution in [0.4, 0.5) is 0 Å². The van der Waals surface area contributed by atoms with Gasteiger partial charge in [0.25, 0.3) is 5.91 Å². The van der Waals surface area contributed by atoms with Gasteiger partial charge in [-0.15, -0.1) is 0 Å². The van der Waals surface area contributed by atoms with Crippen LogP contribution in [0.2, 0.25) is 0 Å². The Balaban J connectivity index is 1.93. The van der Waals surface area contributed by atoms with Crippen LogP contribution in [-0.2, 0) is 0 Å². The van der Waals surface area contributed by atoms with E-state index in [1.165, 1.54) is 0 Å². The lowest BCUT2D eigenvalue weighted by Gasteiger charge is -1.99. The highest BCUT2D eigenvalue weighted by atomic mass is 16.3. The number of hydrogen-bond acceptors (Lipinski definition) is 4. The standard InChI is InChI=1S/C14H13N3O2/c1-11(4-5-13-3-2-10-19-13)16-17-14(18)12-6-8-15-9-7-12/h2-10H,1H3,(H,17,18)/b5-4+,16-11+. The molecule has 0 aliphatic carbocycles. The van der Waals surface area contributed by atoms with Crippen molar-refractivity contribution in [2.45, 2.75) is 6.92 Å². The Labute approximate surface area is 110 Å². The summed E-state index contributed by atoms with van der Waals surface area (Å²) in [4.78, 5) is 15.5. The molecule has 2 aromatic heterocycles. The van der Waals surface area contributed by atoms with Crippen LogP contribution >= 0.6 is 0 Å². The maximum atomic E-state index is 11.7. The first-order valence-corrected chi connectivity index (χ1v) is 5.72. The van der Waals surface area contributed by atoms with Crippen LogP contribution in [0, 0.1) is 0 Å². The number of allylic oxidation sites excluding steroid dienone is 1. The van der Waals surface area contributed by atoms with Crippen molar-refractivity contribution in [1.29, 1.82) is 0 Å². The molecule has 5 nitrogen and oxygen atoms in total. The monoisotopic (exact) mass is 255 g/mol. The second-order valence-corrected chi connectivity index (χ2v) is 3.78. The molecule has 1 N–H and O–H groups in total. The number of aromatic nitrogens is 1. The summed E-state index contributed by atoms with van der Waals surface area (Å²) < 4.78 is 5.14. The fraction of sp³-hybridized carbons (Fsp3) is 0.0714. The molecule has 0 radical (unpaired) electrons. The molecule has 2 rings (SSSR count). The van der Waals surface area contributed by atoms with Crippen molar-refractivity contribution in [3.8, 4) is 0 Å². The van der Waals surface area contributed by atoms with Crippen LogP contribution < -0.4 is 5.43 Å². The molecular weight excluding hydrogens is 242 g/mol. The summed E-state index contributed by atoms with van der Waals surface area (Å²) >= 11 is 0. The van der Waals surface area contributed by atoms with Crippen molar-refractivity contribution >= 4 is 17.7 Å². The van der Waals surface area contributed by atoms with Crippen LogP contribution in [-0.4, -0.2) is 16.6 Å². The first-order chi connectivity index (χ1) is 9.25. The number of hydrogen-bond donors (Lipinski definition) is 1. The number of nitrogens with one attached hydrogen (secondary N) is 1. The largest absolute Gasteiger partial charge is 0.465 e. The van der Waals surface area contributed by atoms with Gasteiger partial charge in [-0.2, -0.15) is 5.10 Å². The molecule has 19 heavy (non-hydrogen) atoms. The zero-order valence-corrected chi connectivity index (χ0v) is 10.4. The Hall–Kier alpha value is -2.69. The van der Waals surface area contributed by atoms with Crippen molar-refractivity contribution in [2.75, 3.05) is 0 Å². The number of pyridine rings is 1. The Morgan fingerprint density at radius 3 is 2.84 bits per heavy atom. The Morgan fingerprint density at radius 1 is 1.37 bits per heavy atom. The minimum Gasteiger partial charge on any atom is -0.465 e. The van der Waals surface area contributed by atoms with E-state index in [9.17, 15) is 4.79 Å². The fourth-order valence-electron chi connectivity index (χ4n) is 1.33. The lowest BCUT2D eigenvalue weighted by Crippen LogP contribution is -2.18. The molecule has 0 aromatic carbocycles. The van der Waals surface area contributed by atoms with Gasteiger partial charge in [0.15, 0.2) is 0 Å². The van der Waals surface area contributed by atoms with Gasteiger partial charge in [0.05, 0.1) is 12.0 Å². The second-order valence-electron chi connectivity index (χ2n) is 3.78. The number of rotatable bonds is 4. The minimum absolute atomic E-state index is 0.270. The van der Waals surface area contributed by atoms with Crippen LogP contribution in [0.1, 0.15) is 23.0 Å². The SMILES string of the molecule is CC(/C=C/c1ccco1)=N\NC(=O)c1ccncc1. The summed E-state index contributed by atoms with van der Waals surface area (Å²) in [5, 5.41) is 3.97. The van der Waals surface area contributed by atoms with Crippen molar-refractivity contribution in [3.63, 3.8) is 0 Å².